The van der Waals surface area contributed by atoms with E-state index in [2.05, 4.69) is 20.1 Å². The Balaban J connectivity index is 1.30. The van der Waals surface area contributed by atoms with E-state index in [0.29, 0.717) is 0 Å². The summed E-state index contributed by atoms with van der Waals surface area (Å²) >= 11 is 0. The molecule has 0 bridgehead atoms. The lowest BCUT2D eigenvalue weighted by molar-refractivity contribution is -0.121. The van der Waals surface area contributed by atoms with Crippen molar-refractivity contribution in [3.05, 3.63) is 71.8 Å². The number of imidazole rings is 1. The van der Waals surface area contributed by atoms with Crippen molar-refractivity contribution in [2.75, 3.05) is 6.79 Å². The number of carbonyl (C=O) groups is 1. The summed E-state index contributed by atoms with van der Waals surface area (Å²) in [6.07, 6.45) is 3.32. The number of benzene rings is 2. The fourth-order valence-electron chi connectivity index (χ4n) is 3.84. The van der Waals surface area contributed by atoms with Gasteiger partial charge in [0.25, 0.3) is 5.91 Å². The topological polar surface area (TPSA) is 82.7 Å². The largest absolute Gasteiger partial charge is 0.454 e. The van der Waals surface area contributed by atoms with Gasteiger partial charge in [-0.2, -0.15) is 5.10 Å². The first-order valence-corrected chi connectivity index (χ1v) is 9.91. The van der Waals surface area contributed by atoms with Crippen molar-refractivity contribution in [3.63, 3.8) is 0 Å². The number of carbonyl (C=O) groups excluding carboxylic acids is 1. The van der Waals surface area contributed by atoms with Gasteiger partial charge in [-0.1, -0.05) is 12.1 Å². The van der Waals surface area contributed by atoms with Crippen LogP contribution in [-0.2, 0) is 11.3 Å². The van der Waals surface area contributed by atoms with Gasteiger partial charge in [-0.25, -0.2) is 10.4 Å². The van der Waals surface area contributed by atoms with Gasteiger partial charge in [0.15, 0.2) is 11.5 Å². The monoisotopic (exact) mass is 415 g/mol. The summed E-state index contributed by atoms with van der Waals surface area (Å²) in [4.78, 5) is 16.6. The van der Waals surface area contributed by atoms with Gasteiger partial charge in [-0.15, -0.1) is 0 Å². The minimum Gasteiger partial charge on any atom is -0.454 e. The van der Waals surface area contributed by atoms with Gasteiger partial charge in [-0.05, 0) is 44.2 Å². The Kier molecular flexibility index (Phi) is 4.66. The Hall–Kier alpha value is -4.07. The quantitative estimate of drug-likeness (QED) is 0.400. The number of nitrogens with zero attached hydrogens (tertiary/aromatic N) is 4. The van der Waals surface area contributed by atoms with E-state index in [0.717, 1.165) is 45.2 Å². The van der Waals surface area contributed by atoms with Crippen molar-refractivity contribution in [1.29, 1.82) is 0 Å². The molecule has 1 N–H and O–H groups in total. The number of hydrazone groups is 1. The van der Waals surface area contributed by atoms with E-state index < -0.39 is 0 Å². The minimum atomic E-state index is -0.219. The molecule has 0 saturated heterocycles. The zero-order valence-electron chi connectivity index (χ0n) is 17.2. The van der Waals surface area contributed by atoms with E-state index in [-0.39, 0.29) is 19.2 Å². The molecule has 0 fully saturated rings. The van der Waals surface area contributed by atoms with Crippen molar-refractivity contribution in [2.24, 2.45) is 5.10 Å². The van der Waals surface area contributed by atoms with Crippen molar-refractivity contribution >= 4 is 23.2 Å². The van der Waals surface area contributed by atoms with Crippen LogP contribution in [0.4, 0.5) is 0 Å². The highest BCUT2D eigenvalue weighted by Crippen LogP contribution is 2.34. The van der Waals surface area contributed by atoms with Gasteiger partial charge in [0, 0.05) is 28.7 Å². The highest BCUT2D eigenvalue weighted by molar-refractivity contribution is 5.85. The normalized spacial score (nSPS) is 12.7. The zero-order valence-corrected chi connectivity index (χ0v) is 17.2. The molecular weight excluding hydrogens is 394 g/mol. The molecule has 0 aliphatic carbocycles. The van der Waals surface area contributed by atoms with Crippen LogP contribution in [0.15, 0.2) is 60.0 Å². The SMILES string of the molecule is Cc1cc(/C=N\NC(=O)Cn2cnc3ccccc32)c(C)n1-c1ccc2c(c1)OCO2. The van der Waals surface area contributed by atoms with E-state index >= 15 is 0 Å². The lowest BCUT2D eigenvalue weighted by Gasteiger charge is -2.10. The maximum atomic E-state index is 12.3. The highest BCUT2D eigenvalue weighted by atomic mass is 16.7. The van der Waals surface area contributed by atoms with Gasteiger partial charge in [0.2, 0.25) is 6.79 Å². The molecule has 1 amide bonds. The summed E-state index contributed by atoms with van der Waals surface area (Å²) in [6, 6.07) is 15.6. The molecule has 4 aromatic rings. The van der Waals surface area contributed by atoms with Crippen LogP contribution < -0.4 is 14.9 Å². The smallest absolute Gasteiger partial charge is 0.260 e. The number of rotatable bonds is 5. The van der Waals surface area contributed by atoms with Gasteiger partial charge in [-0.3, -0.25) is 4.79 Å². The average molecular weight is 415 g/mol. The molecule has 0 unspecified atom stereocenters. The molecule has 0 saturated carbocycles. The molecular formula is C23H21N5O3. The molecule has 156 valence electrons. The summed E-state index contributed by atoms with van der Waals surface area (Å²) in [5.74, 6) is 1.27. The minimum absolute atomic E-state index is 0.147. The Morgan fingerprint density at radius 3 is 2.90 bits per heavy atom. The molecule has 3 heterocycles. The number of aromatic nitrogens is 3. The second-order valence-corrected chi connectivity index (χ2v) is 7.35. The average Bonchev–Trinajstić information content (AvgIpc) is 3.46. The van der Waals surface area contributed by atoms with Crippen LogP contribution in [0.3, 0.4) is 0 Å². The third-order valence-corrected chi connectivity index (χ3v) is 5.32. The second-order valence-electron chi connectivity index (χ2n) is 7.35. The number of ether oxygens (including phenoxy) is 2. The van der Waals surface area contributed by atoms with Gasteiger partial charge >= 0.3 is 0 Å². The first-order chi connectivity index (χ1) is 15.1. The number of amides is 1. The van der Waals surface area contributed by atoms with Gasteiger partial charge in [0.1, 0.15) is 6.54 Å². The maximum absolute atomic E-state index is 12.3. The van der Waals surface area contributed by atoms with Crippen molar-refractivity contribution in [3.8, 4) is 17.2 Å². The van der Waals surface area contributed by atoms with Crippen molar-refractivity contribution < 1.29 is 14.3 Å². The Bertz CT molecular complexity index is 1320. The molecule has 1 aliphatic heterocycles. The molecule has 1 aliphatic rings. The lowest BCUT2D eigenvalue weighted by atomic mass is 10.2. The third-order valence-electron chi connectivity index (χ3n) is 5.32. The predicted octanol–water partition coefficient (Wildman–Crippen LogP) is 3.32. The number of para-hydroxylation sites is 2. The first kappa shape index (κ1) is 18.9. The van der Waals surface area contributed by atoms with Crippen LogP contribution in [0.5, 0.6) is 11.5 Å². The van der Waals surface area contributed by atoms with Crippen LogP contribution in [0.2, 0.25) is 0 Å². The van der Waals surface area contributed by atoms with E-state index in [1.807, 2.05) is 62.4 Å². The van der Waals surface area contributed by atoms with Crippen molar-refractivity contribution in [1.82, 2.24) is 19.5 Å². The number of hydrogen-bond acceptors (Lipinski definition) is 5. The standard InChI is InChI=1S/C23H21N5O3/c1-15-9-17(16(2)28(15)18-7-8-21-22(10-18)31-14-30-21)11-25-26-23(29)12-27-13-24-19-5-3-4-6-20(19)27/h3-11,13H,12,14H2,1-2H3,(H,26,29)/b25-11-. The zero-order chi connectivity index (χ0) is 21.4. The summed E-state index contributed by atoms with van der Waals surface area (Å²) < 4.78 is 14.8. The third kappa shape index (κ3) is 3.52. The summed E-state index contributed by atoms with van der Waals surface area (Å²) in [5.41, 5.74) is 8.33. The van der Waals surface area contributed by atoms with Crippen LogP contribution >= 0.6 is 0 Å². The molecule has 2 aromatic heterocycles. The van der Waals surface area contributed by atoms with Crippen molar-refractivity contribution in [2.45, 2.75) is 20.4 Å². The Labute approximate surface area is 178 Å². The number of aryl methyl sites for hydroxylation is 1. The second kappa shape index (κ2) is 7.64. The molecule has 5 rings (SSSR count). The highest BCUT2D eigenvalue weighted by Gasteiger charge is 2.16. The van der Waals surface area contributed by atoms with E-state index in [4.69, 9.17) is 9.47 Å². The first-order valence-electron chi connectivity index (χ1n) is 9.91. The molecule has 8 nitrogen and oxygen atoms in total. The molecule has 0 atom stereocenters. The maximum Gasteiger partial charge on any atom is 0.260 e. The van der Waals surface area contributed by atoms with E-state index in [9.17, 15) is 4.79 Å². The van der Waals surface area contributed by atoms with Crippen LogP contribution in [0.1, 0.15) is 17.0 Å². The number of fused-ring (bicyclic) bond motifs is 2. The fraction of sp³-hybridized carbons (Fsp3) is 0.174. The molecule has 0 radical (unpaired) electrons. The Morgan fingerprint density at radius 2 is 2.00 bits per heavy atom. The van der Waals surface area contributed by atoms with Crippen LogP contribution in [-0.4, -0.2) is 33.0 Å². The number of hydrogen-bond donors (Lipinski definition) is 1. The summed E-state index contributed by atoms with van der Waals surface area (Å²) in [6.45, 7) is 4.43. The van der Waals surface area contributed by atoms with E-state index in [1.54, 1.807) is 17.1 Å². The molecule has 8 heteroatoms. The number of nitrogens with one attached hydrogen (secondary N) is 1. The van der Waals surface area contributed by atoms with Gasteiger partial charge < -0.3 is 18.6 Å². The summed E-state index contributed by atoms with van der Waals surface area (Å²) in [5, 5.41) is 4.15. The predicted molar refractivity (Wildman–Crippen MR) is 117 cm³/mol. The van der Waals surface area contributed by atoms with Crippen LogP contribution in [0, 0.1) is 13.8 Å². The molecule has 31 heavy (non-hydrogen) atoms. The fourth-order valence-corrected chi connectivity index (χ4v) is 3.84. The van der Waals surface area contributed by atoms with Crippen LogP contribution in [0.25, 0.3) is 16.7 Å². The lowest BCUT2D eigenvalue weighted by Crippen LogP contribution is -2.22. The Morgan fingerprint density at radius 1 is 1.16 bits per heavy atom. The molecule has 2 aromatic carbocycles. The van der Waals surface area contributed by atoms with Gasteiger partial charge in [0.05, 0.1) is 23.6 Å². The molecule has 0 spiro atoms. The summed E-state index contributed by atoms with van der Waals surface area (Å²) in [7, 11) is 0. The van der Waals surface area contributed by atoms with E-state index in [1.165, 1.54) is 0 Å².